The number of fused-ring (bicyclic) bond motifs is 1. The first-order valence-electron chi connectivity index (χ1n) is 14.0. The van der Waals surface area contributed by atoms with Crippen molar-refractivity contribution in [1.29, 1.82) is 0 Å². The van der Waals surface area contributed by atoms with Crippen LogP contribution in [0.3, 0.4) is 0 Å². The highest BCUT2D eigenvalue weighted by atomic mass is 16.3. The van der Waals surface area contributed by atoms with E-state index in [0.29, 0.717) is 44.9 Å². The summed E-state index contributed by atoms with van der Waals surface area (Å²) in [6.45, 7) is 3.58. The summed E-state index contributed by atoms with van der Waals surface area (Å²) in [7, 11) is 0. The van der Waals surface area contributed by atoms with Crippen LogP contribution in [0.25, 0.3) is 11.0 Å². The molecule has 1 aromatic carbocycles. The minimum atomic E-state index is 0.235. The van der Waals surface area contributed by atoms with Crippen molar-refractivity contribution in [3.63, 3.8) is 0 Å². The van der Waals surface area contributed by atoms with Crippen LogP contribution < -0.4 is 0 Å². The minimum Gasteiger partial charge on any atom is -0.507 e. The van der Waals surface area contributed by atoms with Gasteiger partial charge in [-0.1, -0.05) is 30.3 Å². The van der Waals surface area contributed by atoms with Crippen molar-refractivity contribution in [2.24, 2.45) is 0 Å². The molecule has 5 heterocycles. The van der Waals surface area contributed by atoms with Crippen molar-refractivity contribution in [3.8, 4) is 5.75 Å². The maximum absolute atomic E-state index is 11.6. The van der Waals surface area contributed by atoms with Gasteiger partial charge in [-0.15, -0.1) is 0 Å². The number of aromatic nitrogens is 4. The van der Waals surface area contributed by atoms with Crippen molar-refractivity contribution in [3.05, 3.63) is 150 Å². The van der Waals surface area contributed by atoms with Crippen molar-refractivity contribution < 1.29 is 9.52 Å². The van der Waals surface area contributed by atoms with Gasteiger partial charge in [0.2, 0.25) is 0 Å². The summed E-state index contributed by atoms with van der Waals surface area (Å²) in [5.41, 5.74) is 6.23. The first kappa shape index (κ1) is 27.3. The first-order valence-corrected chi connectivity index (χ1v) is 14.0. The average Bonchev–Trinajstić information content (AvgIpc) is 3.44. The van der Waals surface area contributed by atoms with E-state index >= 15 is 0 Å². The Bertz CT molecular complexity index is 1610. The monoisotopic (exact) mass is 556 g/mol. The van der Waals surface area contributed by atoms with Crippen molar-refractivity contribution in [2.75, 3.05) is 0 Å². The Morgan fingerprint density at radius 2 is 0.929 bits per heavy atom. The van der Waals surface area contributed by atoms with Crippen molar-refractivity contribution in [1.82, 2.24) is 29.7 Å². The third-order valence-electron chi connectivity index (χ3n) is 7.11. The molecule has 0 aliphatic carbocycles. The molecule has 0 spiro atoms. The number of hydrogen-bond donors (Lipinski definition) is 1. The standard InChI is InChI=1S/C34H32N6O2/c41-34-26(19-39(21-28-9-1-5-15-35-28)22-29-10-2-6-16-36-29)13-14-32-33(34)27(25-42-32)20-40(23-30-11-3-7-17-37-30)24-31-12-4-8-18-38-31/h1-18,25,41H,19-24H2. The summed E-state index contributed by atoms with van der Waals surface area (Å²) in [5.74, 6) is 0.235. The van der Waals surface area contributed by atoms with Gasteiger partial charge in [-0.05, 0) is 54.6 Å². The van der Waals surface area contributed by atoms with Crippen LogP contribution in [0.5, 0.6) is 5.75 Å². The SMILES string of the molecule is Oc1c(CN(Cc2ccccn2)Cc2ccccn2)ccc2occ(CN(Cc3ccccn3)Cc3ccccn3)c12. The van der Waals surface area contributed by atoms with Gasteiger partial charge in [-0.2, -0.15) is 0 Å². The van der Waals surface area contributed by atoms with Crippen LogP contribution in [-0.4, -0.2) is 34.8 Å². The highest BCUT2D eigenvalue weighted by Gasteiger charge is 2.20. The van der Waals surface area contributed by atoms with Gasteiger partial charge in [-0.3, -0.25) is 29.7 Å². The highest BCUT2D eigenvalue weighted by Crippen LogP contribution is 2.35. The zero-order valence-electron chi connectivity index (χ0n) is 23.3. The lowest BCUT2D eigenvalue weighted by Gasteiger charge is -2.23. The zero-order chi connectivity index (χ0) is 28.6. The molecule has 210 valence electrons. The van der Waals surface area contributed by atoms with E-state index in [-0.39, 0.29) is 5.75 Å². The number of rotatable bonds is 12. The normalized spacial score (nSPS) is 11.5. The van der Waals surface area contributed by atoms with Crippen LogP contribution in [0.15, 0.2) is 120 Å². The number of hydrogen-bond acceptors (Lipinski definition) is 8. The van der Waals surface area contributed by atoms with E-state index in [1.54, 1.807) is 31.1 Å². The van der Waals surface area contributed by atoms with Crippen LogP contribution in [0, 0.1) is 0 Å². The van der Waals surface area contributed by atoms with Crippen LogP contribution in [-0.2, 0) is 39.3 Å². The molecule has 0 bridgehead atoms. The van der Waals surface area contributed by atoms with E-state index in [1.807, 2.05) is 84.9 Å². The molecule has 0 aliphatic heterocycles. The first-order chi connectivity index (χ1) is 20.7. The molecule has 5 aromatic heterocycles. The number of furan rings is 1. The Balaban J connectivity index is 1.28. The molecule has 0 amide bonds. The molecule has 0 atom stereocenters. The van der Waals surface area contributed by atoms with E-state index in [9.17, 15) is 5.11 Å². The lowest BCUT2D eigenvalue weighted by atomic mass is 10.1. The quantitative estimate of drug-likeness (QED) is 0.193. The van der Waals surface area contributed by atoms with Crippen LogP contribution in [0.4, 0.5) is 0 Å². The lowest BCUT2D eigenvalue weighted by molar-refractivity contribution is 0.238. The predicted molar refractivity (Wildman–Crippen MR) is 161 cm³/mol. The van der Waals surface area contributed by atoms with Crippen LogP contribution in [0.1, 0.15) is 33.9 Å². The van der Waals surface area contributed by atoms with Crippen LogP contribution >= 0.6 is 0 Å². The minimum absolute atomic E-state index is 0.235. The Morgan fingerprint density at radius 1 is 0.500 bits per heavy atom. The Labute approximate surface area is 245 Å². The van der Waals surface area contributed by atoms with E-state index in [0.717, 1.165) is 39.3 Å². The molecule has 0 fully saturated rings. The average molecular weight is 557 g/mol. The van der Waals surface area contributed by atoms with Gasteiger partial charge in [0.1, 0.15) is 11.3 Å². The molecular formula is C34H32N6O2. The molecule has 8 nitrogen and oxygen atoms in total. The van der Waals surface area contributed by atoms with Crippen LogP contribution in [0.2, 0.25) is 0 Å². The zero-order valence-corrected chi connectivity index (χ0v) is 23.3. The highest BCUT2D eigenvalue weighted by molar-refractivity contribution is 5.88. The Morgan fingerprint density at radius 3 is 1.33 bits per heavy atom. The maximum Gasteiger partial charge on any atom is 0.137 e. The largest absolute Gasteiger partial charge is 0.507 e. The van der Waals surface area contributed by atoms with Gasteiger partial charge in [0.05, 0.1) is 34.4 Å². The van der Waals surface area contributed by atoms with Gasteiger partial charge in [0.15, 0.2) is 0 Å². The van der Waals surface area contributed by atoms with Gasteiger partial charge in [-0.25, -0.2) is 0 Å². The second-order valence-electron chi connectivity index (χ2n) is 10.3. The third kappa shape index (κ3) is 6.86. The fourth-order valence-electron chi connectivity index (χ4n) is 5.16. The third-order valence-corrected chi connectivity index (χ3v) is 7.11. The number of nitrogens with zero attached hydrogens (tertiary/aromatic N) is 6. The van der Waals surface area contributed by atoms with Crippen molar-refractivity contribution in [2.45, 2.75) is 39.3 Å². The summed E-state index contributed by atoms with van der Waals surface area (Å²) < 4.78 is 5.93. The van der Waals surface area contributed by atoms with Gasteiger partial charge in [0.25, 0.3) is 0 Å². The number of aromatic hydroxyl groups is 1. The smallest absolute Gasteiger partial charge is 0.137 e. The van der Waals surface area contributed by atoms with Gasteiger partial charge < -0.3 is 9.52 Å². The topological polar surface area (TPSA) is 91.4 Å². The predicted octanol–water partition coefficient (Wildman–Crippen LogP) is 6.12. The molecule has 8 heteroatoms. The Kier molecular flexibility index (Phi) is 8.54. The van der Waals surface area contributed by atoms with Gasteiger partial charge in [0, 0.05) is 75.2 Å². The summed E-state index contributed by atoms with van der Waals surface area (Å²) in [4.78, 5) is 22.6. The molecule has 6 rings (SSSR count). The second kappa shape index (κ2) is 13.2. The maximum atomic E-state index is 11.6. The van der Waals surface area contributed by atoms with Crippen molar-refractivity contribution >= 4 is 11.0 Å². The molecule has 6 aromatic rings. The molecule has 0 radical (unpaired) electrons. The molecule has 0 saturated heterocycles. The fraction of sp³-hybridized carbons (Fsp3) is 0.176. The fourth-order valence-corrected chi connectivity index (χ4v) is 5.16. The second-order valence-corrected chi connectivity index (χ2v) is 10.3. The molecular weight excluding hydrogens is 524 g/mol. The number of benzene rings is 1. The van der Waals surface area contributed by atoms with E-state index in [1.165, 1.54) is 0 Å². The number of phenols is 1. The summed E-state index contributed by atoms with van der Waals surface area (Å²) in [6.07, 6.45) is 8.97. The Hall–Kier alpha value is -4.92. The molecule has 42 heavy (non-hydrogen) atoms. The van der Waals surface area contributed by atoms with E-state index in [2.05, 4.69) is 29.7 Å². The van der Waals surface area contributed by atoms with Gasteiger partial charge >= 0.3 is 0 Å². The van der Waals surface area contributed by atoms with E-state index < -0.39 is 0 Å². The molecule has 1 N–H and O–H groups in total. The number of pyridine rings is 4. The lowest BCUT2D eigenvalue weighted by Crippen LogP contribution is -2.24. The molecule has 0 aliphatic rings. The summed E-state index contributed by atoms with van der Waals surface area (Å²) in [5, 5.41) is 12.4. The molecule has 0 saturated carbocycles. The summed E-state index contributed by atoms with van der Waals surface area (Å²) >= 11 is 0. The number of phenolic OH excluding ortho intramolecular Hbond substituents is 1. The summed E-state index contributed by atoms with van der Waals surface area (Å²) in [6, 6.07) is 27.6. The van der Waals surface area contributed by atoms with E-state index in [4.69, 9.17) is 4.42 Å². The molecule has 0 unspecified atom stereocenters.